The molecule has 0 saturated carbocycles. The van der Waals surface area contributed by atoms with E-state index < -0.39 is 0 Å². The van der Waals surface area contributed by atoms with Crippen molar-refractivity contribution in [3.63, 3.8) is 0 Å². The molecular weight excluding hydrogens is 352 g/mol. The third kappa shape index (κ3) is 3.51. The average Bonchev–Trinajstić information content (AvgIpc) is 2.64. The number of hydrogen-bond acceptors (Lipinski definition) is 4. The van der Waals surface area contributed by atoms with Crippen LogP contribution < -0.4 is 10.2 Å². The van der Waals surface area contributed by atoms with Crippen LogP contribution in [0.15, 0.2) is 57.9 Å². The molecule has 0 aliphatic carbocycles. The SMILES string of the molecule is CCC(CC)C(=O)Oc1ccc2c(=O)c(-c3ccccc3Cl)coc2c1. The van der Waals surface area contributed by atoms with Gasteiger partial charge in [0.25, 0.3) is 0 Å². The van der Waals surface area contributed by atoms with Crippen molar-refractivity contribution in [2.45, 2.75) is 26.7 Å². The lowest BCUT2D eigenvalue weighted by molar-refractivity contribution is -0.139. The second-order valence-corrected chi connectivity index (χ2v) is 6.46. The Kier molecular flexibility index (Phi) is 5.43. The fraction of sp³-hybridized carbons (Fsp3) is 0.238. The fourth-order valence-electron chi connectivity index (χ4n) is 2.86. The van der Waals surface area contributed by atoms with Crippen LogP contribution in [0.5, 0.6) is 5.75 Å². The fourth-order valence-corrected chi connectivity index (χ4v) is 3.10. The number of carbonyl (C=O) groups excluding carboxylic acids is 1. The maximum Gasteiger partial charge on any atom is 0.314 e. The van der Waals surface area contributed by atoms with E-state index in [4.69, 9.17) is 20.8 Å². The standard InChI is InChI=1S/C21H19ClO4/c1-3-13(4-2)21(24)26-14-9-10-16-19(11-14)25-12-17(20(16)23)15-7-5-6-8-18(15)22/h5-13H,3-4H2,1-2H3. The van der Waals surface area contributed by atoms with Crippen LogP contribution in [-0.2, 0) is 4.79 Å². The third-order valence-electron chi connectivity index (χ3n) is 4.45. The second-order valence-electron chi connectivity index (χ2n) is 6.05. The summed E-state index contributed by atoms with van der Waals surface area (Å²) in [4.78, 5) is 24.9. The highest BCUT2D eigenvalue weighted by Gasteiger charge is 2.17. The van der Waals surface area contributed by atoms with E-state index in [9.17, 15) is 9.59 Å². The number of hydrogen-bond donors (Lipinski definition) is 0. The van der Waals surface area contributed by atoms with Crippen LogP contribution in [0.4, 0.5) is 0 Å². The van der Waals surface area contributed by atoms with Crippen LogP contribution in [-0.4, -0.2) is 5.97 Å². The molecule has 0 aliphatic rings. The molecule has 134 valence electrons. The summed E-state index contributed by atoms with van der Waals surface area (Å²) >= 11 is 6.18. The maximum absolute atomic E-state index is 12.8. The number of esters is 1. The molecule has 26 heavy (non-hydrogen) atoms. The second kappa shape index (κ2) is 7.75. The van der Waals surface area contributed by atoms with Gasteiger partial charge in [-0.05, 0) is 31.0 Å². The molecule has 0 saturated heterocycles. The predicted molar refractivity (Wildman–Crippen MR) is 103 cm³/mol. The zero-order valence-corrected chi connectivity index (χ0v) is 15.4. The molecule has 0 atom stereocenters. The topological polar surface area (TPSA) is 56.5 Å². The first-order valence-corrected chi connectivity index (χ1v) is 8.95. The summed E-state index contributed by atoms with van der Waals surface area (Å²) in [6.07, 6.45) is 2.83. The number of rotatable bonds is 5. The smallest absolute Gasteiger partial charge is 0.314 e. The third-order valence-corrected chi connectivity index (χ3v) is 4.78. The Balaban J connectivity index is 1.98. The molecule has 1 aromatic heterocycles. The van der Waals surface area contributed by atoms with Crippen LogP contribution in [0.3, 0.4) is 0 Å². The van der Waals surface area contributed by atoms with Crippen molar-refractivity contribution in [3.8, 4) is 16.9 Å². The first-order chi connectivity index (χ1) is 12.5. The Morgan fingerprint density at radius 3 is 2.54 bits per heavy atom. The van der Waals surface area contributed by atoms with Crippen LogP contribution in [0, 0.1) is 5.92 Å². The van der Waals surface area contributed by atoms with E-state index in [1.807, 2.05) is 19.9 Å². The normalized spacial score (nSPS) is 11.1. The van der Waals surface area contributed by atoms with Crippen molar-refractivity contribution in [2.24, 2.45) is 5.92 Å². The molecule has 0 amide bonds. The Morgan fingerprint density at radius 1 is 1.12 bits per heavy atom. The molecule has 0 bridgehead atoms. The Morgan fingerprint density at radius 2 is 1.85 bits per heavy atom. The zero-order chi connectivity index (χ0) is 18.7. The summed E-state index contributed by atoms with van der Waals surface area (Å²) in [6.45, 7) is 3.90. The molecule has 5 heteroatoms. The highest BCUT2D eigenvalue weighted by molar-refractivity contribution is 6.33. The number of fused-ring (bicyclic) bond motifs is 1. The largest absolute Gasteiger partial charge is 0.463 e. The molecule has 4 nitrogen and oxygen atoms in total. The molecule has 2 aromatic carbocycles. The van der Waals surface area contributed by atoms with E-state index >= 15 is 0 Å². The average molecular weight is 371 g/mol. The van der Waals surface area contributed by atoms with E-state index in [1.54, 1.807) is 36.4 Å². The number of carbonyl (C=O) groups is 1. The summed E-state index contributed by atoms with van der Waals surface area (Å²) in [6, 6.07) is 11.9. The van der Waals surface area contributed by atoms with Gasteiger partial charge in [0.15, 0.2) is 0 Å². The van der Waals surface area contributed by atoms with Gasteiger partial charge in [0, 0.05) is 16.7 Å². The minimum atomic E-state index is -0.274. The summed E-state index contributed by atoms with van der Waals surface area (Å²) in [7, 11) is 0. The van der Waals surface area contributed by atoms with Gasteiger partial charge in [0.2, 0.25) is 5.43 Å². The van der Waals surface area contributed by atoms with Crippen LogP contribution in [0.25, 0.3) is 22.1 Å². The molecule has 0 spiro atoms. The van der Waals surface area contributed by atoms with Crippen molar-refractivity contribution in [1.29, 1.82) is 0 Å². The van der Waals surface area contributed by atoms with Gasteiger partial charge in [0.05, 0.1) is 16.9 Å². The molecule has 0 unspecified atom stereocenters. The zero-order valence-electron chi connectivity index (χ0n) is 14.6. The number of benzene rings is 2. The molecule has 3 aromatic rings. The maximum atomic E-state index is 12.8. The van der Waals surface area contributed by atoms with Crippen LogP contribution in [0.2, 0.25) is 5.02 Å². The van der Waals surface area contributed by atoms with E-state index in [0.717, 1.165) is 12.8 Å². The van der Waals surface area contributed by atoms with Gasteiger partial charge in [-0.3, -0.25) is 9.59 Å². The molecule has 3 rings (SSSR count). The Hall–Kier alpha value is -2.59. The van der Waals surface area contributed by atoms with Crippen molar-refractivity contribution in [1.82, 2.24) is 0 Å². The van der Waals surface area contributed by atoms with Crippen LogP contribution >= 0.6 is 11.6 Å². The Bertz CT molecular complexity index is 1000. The monoisotopic (exact) mass is 370 g/mol. The molecule has 0 aliphatic heterocycles. The summed E-state index contributed by atoms with van der Waals surface area (Å²) in [5.41, 5.74) is 1.19. The molecule has 0 radical (unpaired) electrons. The summed E-state index contributed by atoms with van der Waals surface area (Å²) in [5.74, 6) is -0.0484. The minimum absolute atomic E-state index is 0.139. The van der Waals surface area contributed by atoms with Gasteiger partial charge < -0.3 is 9.15 Å². The van der Waals surface area contributed by atoms with Gasteiger partial charge in [-0.1, -0.05) is 43.6 Å². The predicted octanol–water partition coefficient (Wildman–Crippen LogP) is 5.46. The van der Waals surface area contributed by atoms with Gasteiger partial charge >= 0.3 is 5.97 Å². The highest BCUT2D eigenvalue weighted by atomic mass is 35.5. The van der Waals surface area contributed by atoms with E-state index in [0.29, 0.717) is 32.9 Å². The van der Waals surface area contributed by atoms with Crippen LogP contribution in [0.1, 0.15) is 26.7 Å². The first-order valence-electron chi connectivity index (χ1n) is 8.57. The van der Waals surface area contributed by atoms with Crippen molar-refractivity contribution in [2.75, 3.05) is 0 Å². The first kappa shape index (κ1) is 18.2. The van der Waals surface area contributed by atoms with Crippen molar-refractivity contribution < 1.29 is 13.9 Å². The van der Waals surface area contributed by atoms with Gasteiger partial charge in [-0.15, -0.1) is 0 Å². The quantitative estimate of drug-likeness (QED) is 0.442. The molecule has 0 N–H and O–H groups in total. The van der Waals surface area contributed by atoms with E-state index in [1.165, 1.54) is 6.26 Å². The van der Waals surface area contributed by atoms with E-state index in [2.05, 4.69) is 0 Å². The lowest BCUT2D eigenvalue weighted by Crippen LogP contribution is -2.19. The van der Waals surface area contributed by atoms with E-state index in [-0.39, 0.29) is 17.3 Å². The van der Waals surface area contributed by atoms with Gasteiger partial charge in [-0.25, -0.2) is 0 Å². The van der Waals surface area contributed by atoms with Gasteiger partial charge in [0.1, 0.15) is 17.6 Å². The Labute approximate surface area is 156 Å². The summed E-state index contributed by atoms with van der Waals surface area (Å²) in [5, 5.41) is 0.889. The molecule has 1 heterocycles. The van der Waals surface area contributed by atoms with Crippen molar-refractivity contribution in [3.05, 3.63) is 64.0 Å². The van der Waals surface area contributed by atoms with Crippen molar-refractivity contribution >= 4 is 28.5 Å². The number of ether oxygens (including phenoxy) is 1. The lowest BCUT2D eigenvalue weighted by Gasteiger charge is -2.12. The minimum Gasteiger partial charge on any atom is -0.463 e. The summed E-state index contributed by atoms with van der Waals surface area (Å²) < 4.78 is 11.0. The van der Waals surface area contributed by atoms with Gasteiger partial charge in [-0.2, -0.15) is 0 Å². The molecular formula is C21H19ClO4. The highest BCUT2D eigenvalue weighted by Crippen LogP contribution is 2.28. The number of halogens is 1. The lowest BCUT2D eigenvalue weighted by atomic mass is 10.0. The molecule has 0 fully saturated rings.